The standard InChI is InChI=1S/C12H16BrNO/c1-15-11-5-6-12(14-8-11)9-3-2-4-10(13)7-9/h2-4,7,11-12,14H,5-6,8H2,1H3. The van der Waals surface area contributed by atoms with E-state index in [0.717, 1.165) is 23.9 Å². The monoisotopic (exact) mass is 269 g/mol. The van der Waals surface area contributed by atoms with Crippen LogP contribution in [0.2, 0.25) is 0 Å². The largest absolute Gasteiger partial charge is 0.380 e. The molecule has 82 valence electrons. The number of hydrogen-bond acceptors (Lipinski definition) is 2. The summed E-state index contributed by atoms with van der Waals surface area (Å²) >= 11 is 3.50. The Balaban J connectivity index is 2.01. The molecule has 2 rings (SSSR count). The lowest BCUT2D eigenvalue weighted by Gasteiger charge is -2.29. The number of nitrogens with one attached hydrogen (secondary N) is 1. The Morgan fingerprint density at radius 2 is 2.27 bits per heavy atom. The van der Waals surface area contributed by atoms with Gasteiger partial charge in [-0.3, -0.25) is 0 Å². The van der Waals surface area contributed by atoms with E-state index >= 15 is 0 Å². The van der Waals surface area contributed by atoms with Crippen molar-refractivity contribution < 1.29 is 4.74 Å². The zero-order valence-electron chi connectivity index (χ0n) is 8.87. The van der Waals surface area contributed by atoms with E-state index in [-0.39, 0.29) is 0 Å². The highest BCUT2D eigenvalue weighted by molar-refractivity contribution is 9.10. The molecule has 1 aromatic carbocycles. The lowest BCUT2D eigenvalue weighted by atomic mass is 9.96. The molecule has 2 atom stereocenters. The van der Waals surface area contributed by atoms with Gasteiger partial charge in [0.1, 0.15) is 0 Å². The SMILES string of the molecule is COC1CCC(c2cccc(Br)c2)NC1. The number of piperidine rings is 1. The average molecular weight is 270 g/mol. The van der Waals surface area contributed by atoms with Crippen LogP contribution >= 0.6 is 15.9 Å². The fourth-order valence-electron chi connectivity index (χ4n) is 2.04. The molecule has 2 unspecified atom stereocenters. The normalized spacial score (nSPS) is 26.5. The van der Waals surface area contributed by atoms with Gasteiger partial charge in [0, 0.05) is 24.2 Å². The summed E-state index contributed by atoms with van der Waals surface area (Å²) in [6.07, 6.45) is 2.67. The van der Waals surface area contributed by atoms with Gasteiger partial charge in [-0.15, -0.1) is 0 Å². The van der Waals surface area contributed by atoms with E-state index in [4.69, 9.17) is 4.74 Å². The van der Waals surface area contributed by atoms with Gasteiger partial charge in [0.2, 0.25) is 0 Å². The van der Waals surface area contributed by atoms with Crippen LogP contribution in [0.5, 0.6) is 0 Å². The Labute approximate surface area is 99.1 Å². The molecule has 2 nitrogen and oxygen atoms in total. The molecular weight excluding hydrogens is 254 g/mol. The molecule has 1 N–H and O–H groups in total. The number of hydrogen-bond donors (Lipinski definition) is 1. The van der Waals surface area contributed by atoms with E-state index in [2.05, 4.69) is 45.5 Å². The molecule has 0 amide bonds. The van der Waals surface area contributed by atoms with Crippen LogP contribution in [0.1, 0.15) is 24.4 Å². The summed E-state index contributed by atoms with van der Waals surface area (Å²) in [5, 5.41) is 3.52. The highest BCUT2D eigenvalue weighted by Crippen LogP contribution is 2.25. The lowest BCUT2D eigenvalue weighted by Crippen LogP contribution is -2.37. The van der Waals surface area contributed by atoms with Gasteiger partial charge in [0.25, 0.3) is 0 Å². The minimum atomic E-state index is 0.383. The summed E-state index contributed by atoms with van der Waals surface area (Å²) in [5.74, 6) is 0. The molecule has 15 heavy (non-hydrogen) atoms. The maximum atomic E-state index is 5.33. The molecule has 0 radical (unpaired) electrons. The van der Waals surface area contributed by atoms with Gasteiger partial charge in [-0.25, -0.2) is 0 Å². The first-order chi connectivity index (χ1) is 7.29. The highest BCUT2D eigenvalue weighted by Gasteiger charge is 2.21. The smallest absolute Gasteiger partial charge is 0.0696 e. The first kappa shape index (κ1) is 11.1. The quantitative estimate of drug-likeness (QED) is 0.892. The van der Waals surface area contributed by atoms with Crippen molar-refractivity contribution in [3.05, 3.63) is 34.3 Å². The van der Waals surface area contributed by atoms with Crippen molar-refractivity contribution in [3.63, 3.8) is 0 Å². The van der Waals surface area contributed by atoms with Crippen molar-refractivity contribution in [3.8, 4) is 0 Å². The molecule has 0 bridgehead atoms. The molecule has 1 aliphatic heterocycles. The number of rotatable bonds is 2. The third-order valence-electron chi connectivity index (χ3n) is 2.95. The van der Waals surface area contributed by atoms with Crippen LogP contribution in [0.15, 0.2) is 28.7 Å². The van der Waals surface area contributed by atoms with Gasteiger partial charge in [-0.2, -0.15) is 0 Å². The van der Waals surface area contributed by atoms with E-state index < -0.39 is 0 Å². The van der Waals surface area contributed by atoms with Crippen molar-refractivity contribution in [2.75, 3.05) is 13.7 Å². The molecule has 1 aromatic rings. The van der Waals surface area contributed by atoms with Crippen LogP contribution < -0.4 is 5.32 Å². The van der Waals surface area contributed by atoms with Gasteiger partial charge in [-0.1, -0.05) is 28.1 Å². The summed E-state index contributed by atoms with van der Waals surface area (Å²) in [4.78, 5) is 0. The zero-order valence-corrected chi connectivity index (χ0v) is 10.5. The van der Waals surface area contributed by atoms with Gasteiger partial charge < -0.3 is 10.1 Å². The Kier molecular flexibility index (Phi) is 3.78. The Morgan fingerprint density at radius 1 is 1.40 bits per heavy atom. The zero-order chi connectivity index (χ0) is 10.7. The van der Waals surface area contributed by atoms with Gasteiger partial charge >= 0.3 is 0 Å². The van der Waals surface area contributed by atoms with E-state index in [1.807, 2.05) is 0 Å². The van der Waals surface area contributed by atoms with Gasteiger partial charge in [-0.05, 0) is 30.5 Å². The van der Waals surface area contributed by atoms with Crippen molar-refractivity contribution in [1.29, 1.82) is 0 Å². The Hall–Kier alpha value is -0.380. The predicted octanol–water partition coefficient (Wildman–Crippen LogP) is 2.89. The van der Waals surface area contributed by atoms with E-state index in [1.54, 1.807) is 7.11 Å². The van der Waals surface area contributed by atoms with Crippen LogP contribution in [0.4, 0.5) is 0 Å². The molecule has 0 aliphatic carbocycles. The summed E-state index contributed by atoms with van der Waals surface area (Å²) in [5.41, 5.74) is 1.36. The van der Waals surface area contributed by atoms with E-state index in [1.165, 1.54) is 5.56 Å². The lowest BCUT2D eigenvalue weighted by molar-refractivity contribution is 0.0705. The first-order valence-electron chi connectivity index (χ1n) is 5.31. The number of halogens is 1. The van der Waals surface area contributed by atoms with Crippen molar-refractivity contribution in [1.82, 2.24) is 5.32 Å². The number of benzene rings is 1. The predicted molar refractivity (Wildman–Crippen MR) is 64.9 cm³/mol. The molecule has 0 aromatic heterocycles. The van der Waals surface area contributed by atoms with E-state index in [0.29, 0.717) is 12.1 Å². The second-order valence-electron chi connectivity index (χ2n) is 3.95. The minimum Gasteiger partial charge on any atom is -0.380 e. The van der Waals surface area contributed by atoms with Crippen LogP contribution in [0.3, 0.4) is 0 Å². The molecule has 1 heterocycles. The van der Waals surface area contributed by atoms with Crippen LogP contribution in [-0.4, -0.2) is 19.8 Å². The van der Waals surface area contributed by atoms with E-state index in [9.17, 15) is 0 Å². The molecule has 1 saturated heterocycles. The fourth-order valence-corrected chi connectivity index (χ4v) is 2.46. The minimum absolute atomic E-state index is 0.383. The fraction of sp³-hybridized carbons (Fsp3) is 0.500. The van der Waals surface area contributed by atoms with Crippen molar-refractivity contribution in [2.45, 2.75) is 25.0 Å². The van der Waals surface area contributed by atoms with Crippen LogP contribution in [-0.2, 0) is 4.74 Å². The maximum absolute atomic E-state index is 5.33. The molecule has 1 aliphatic rings. The van der Waals surface area contributed by atoms with Crippen LogP contribution in [0.25, 0.3) is 0 Å². The third-order valence-corrected chi connectivity index (χ3v) is 3.45. The third kappa shape index (κ3) is 2.80. The summed E-state index contributed by atoms with van der Waals surface area (Å²) < 4.78 is 6.48. The van der Waals surface area contributed by atoms with Crippen LogP contribution in [0, 0.1) is 0 Å². The molecule has 0 spiro atoms. The number of methoxy groups -OCH3 is 1. The number of ether oxygens (including phenoxy) is 1. The van der Waals surface area contributed by atoms with Gasteiger partial charge in [0.15, 0.2) is 0 Å². The summed E-state index contributed by atoms with van der Waals surface area (Å²) in [6.45, 7) is 0.952. The Bertz CT molecular complexity index is 321. The van der Waals surface area contributed by atoms with Gasteiger partial charge in [0.05, 0.1) is 6.10 Å². The first-order valence-corrected chi connectivity index (χ1v) is 6.10. The molecular formula is C12H16BrNO. The maximum Gasteiger partial charge on any atom is 0.0696 e. The average Bonchev–Trinajstić information content (AvgIpc) is 2.29. The molecule has 0 saturated carbocycles. The van der Waals surface area contributed by atoms with Crippen molar-refractivity contribution >= 4 is 15.9 Å². The second kappa shape index (κ2) is 5.10. The second-order valence-corrected chi connectivity index (χ2v) is 4.87. The van der Waals surface area contributed by atoms with Crippen molar-refractivity contribution in [2.24, 2.45) is 0 Å². The molecule has 1 fully saturated rings. The summed E-state index contributed by atoms with van der Waals surface area (Å²) in [6, 6.07) is 8.99. The summed E-state index contributed by atoms with van der Waals surface area (Å²) in [7, 11) is 1.78. The topological polar surface area (TPSA) is 21.3 Å². The Morgan fingerprint density at radius 3 is 2.87 bits per heavy atom. The molecule has 3 heteroatoms. The highest BCUT2D eigenvalue weighted by atomic mass is 79.9.